The summed E-state index contributed by atoms with van der Waals surface area (Å²) in [6.45, 7) is -0.840. The van der Waals surface area contributed by atoms with Crippen molar-refractivity contribution >= 4 is 44.6 Å². The average molecular weight is 413 g/mol. The summed E-state index contributed by atoms with van der Waals surface area (Å²) in [6.07, 6.45) is -0.274. The maximum atomic E-state index is 11.9. The fraction of sp³-hybridized carbons (Fsp3) is 0.200. The normalized spacial score (nSPS) is 11.0. The molecule has 144 valence electrons. The molecule has 0 unspecified atom stereocenters. The molecule has 12 heteroatoms. The lowest BCUT2D eigenvalue weighted by atomic mass is 10.2. The molecule has 0 aliphatic heterocycles. The Kier molecular flexibility index (Phi) is 6.98. The van der Waals surface area contributed by atoms with Crippen LogP contribution in [0.1, 0.15) is 6.42 Å². The molecule has 2 aromatic rings. The molecular weight excluding hydrogens is 398 g/mol. The van der Waals surface area contributed by atoms with Gasteiger partial charge >= 0.3 is 5.97 Å². The van der Waals surface area contributed by atoms with Crippen molar-refractivity contribution in [2.75, 3.05) is 18.5 Å². The Morgan fingerprint density at radius 2 is 1.93 bits per heavy atom. The zero-order valence-corrected chi connectivity index (χ0v) is 15.4. The molecule has 0 aliphatic rings. The van der Waals surface area contributed by atoms with E-state index in [0.717, 1.165) is 11.3 Å². The molecule has 2 rings (SSSR count). The number of esters is 1. The summed E-state index contributed by atoms with van der Waals surface area (Å²) >= 11 is 1.04. The van der Waals surface area contributed by atoms with E-state index in [0.29, 0.717) is 0 Å². The Bertz CT molecular complexity index is 927. The Labute approximate surface area is 158 Å². The molecule has 0 bridgehead atoms. The lowest BCUT2D eigenvalue weighted by molar-refractivity contribution is -0.383. The van der Waals surface area contributed by atoms with Gasteiger partial charge in [-0.05, 0) is 17.5 Å². The highest BCUT2D eigenvalue weighted by Crippen LogP contribution is 2.22. The van der Waals surface area contributed by atoms with E-state index in [1.807, 2.05) is 0 Å². The van der Waals surface area contributed by atoms with Crippen LogP contribution in [-0.2, 0) is 24.3 Å². The van der Waals surface area contributed by atoms with E-state index < -0.39 is 33.4 Å². The van der Waals surface area contributed by atoms with Crippen molar-refractivity contribution in [3.05, 3.63) is 51.9 Å². The number of carbonyl (C=O) groups is 2. The van der Waals surface area contributed by atoms with Crippen LogP contribution >= 0.6 is 11.3 Å². The van der Waals surface area contributed by atoms with Crippen LogP contribution in [0.5, 0.6) is 0 Å². The Balaban J connectivity index is 1.76. The summed E-state index contributed by atoms with van der Waals surface area (Å²) < 4.78 is 30.8. The van der Waals surface area contributed by atoms with Crippen LogP contribution < -0.4 is 10.0 Å². The number of nitrogens with zero attached hydrogens (tertiary/aromatic N) is 1. The van der Waals surface area contributed by atoms with Gasteiger partial charge < -0.3 is 10.1 Å². The van der Waals surface area contributed by atoms with Crippen LogP contribution in [0.2, 0.25) is 0 Å². The van der Waals surface area contributed by atoms with Gasteiger partial charge in [-0.3, -0.25) is 19.7 Å². The number of nitro benzene ring substituents is 1. The highest BCUT2D eigenvalue weighted by atomic mass is 32.2. The van der Waals surface area contributed by atoms with E-state index in [2.05, 4.69) is 10.0 Å². The number of sulfonamides is 1. The van der Waals surface area contributed by atoms with Crippen molar-refractivity contribution in [1.82, 2.24) is 4.72 Å². The number of benzene rings is 1. The first-order valence-corrected chi connectivity index (χ1v) is 9.88. The van der Waals surface area contributed by atoms with Gasteiger partial charge in [0.2, 0.25) is 10.0 Å². The number of carbonyl (C=O) groups excluding carboxylic acids is 2. The zero-order valence-electron chi connectivity index (χ0n) is 13.8. The van der Waals surface area contributed by atoms with Crippen LogP contribution in [0, 0.1) is 10.1 Å². The number of thiophene rings is 1. The molecular formula is C15H15N3O7S2. The van der Waals surface area contributed by atoms with Crippen molar-refractivity contribution in [2.45, 2.75) is 10.6 Å². The van der Waals surface area contributed by atoms with Gasteiger partial charge in [-0.25, -0.2) is 13.1 Å². The van der Waals surface area contributed by atoms with Crippen molar-refractivity contribution in [3.8, 4) is 0 Å². The molecule has 10 nitrogen and oxygen atoms in total. The van der Waals surface area contributed by atoms with Gasteiger partial charge in [0.25, 0.3) is 11.6 Å². The predicted octanol–water partition coefficient (Wildman–Crippen LogP) is 1.51. The van der Waals surface area contributed by atoms with Gasteiger partial charge in [0.1, 0.15) is 9.90 Å². The van der Waals surface area contributed by atoms with Gasteiger partial charge in [-0.15, -0.1) is 11.3 Å². The standard InChI is InChI=1S/C15H15N3O7S2/c19-13(17-11-4-1-2-5-12(11)18(21)22)10-25-14(20)7-8-16-27(23,24)15-6-3-9-26-15/h1-6,9,16H,7-8,10H2,(H,17,19). The third kappa shape index (κ3) is 6.13. The van der Waals surface area contributed by atoms with Crippen molar-refractivity contribution in [1.29, 1.82) is 0 Å². The molecule has 27 heavy (non-hydrogen) atoms. The predicted molar refractivity (Wildman–Crippen MR) is 96.8 cm³/mol. The third-order valence-corrected chi connectivity index (χ3v) is 5.98. The largest absolute Gasteiger partial charge is 0.456 e. The first-order valence-electron chi connectivity index (χ1n) is 7.51. The number of para-hydroxylation sites is 2. The van der Waals surface area contributed by atoms with Crippen molar-refractivity contribution < 1.29 is 27.7 Å². The summed E-state index contributed by atoms with van der Waals surface area (Å²) in [7, 11) is -3.68. The van der Waals surface area contributed by atoms with E-state index in [1.54, 1.807) is 11.4 Å². The van der Waals surface area contributed by atoms with Crippen LogP contribution in [0.3, 0.4) is 0 Å². The molecule has 1 aromatic heterocycles. The van der Waals surface area contributed by atoms with Gasteiger partial charge in [0.05, 0.1) is 11.3 Å². The summed E-state index contributed by atoms with van der Waals surface area (Å²) in [5.41, 5.74) is -0.313. The molecule has 0 saturated heterocycles. The summed E-state index contributed by atoms with van der Waals surface area (Å²) in [4.78, 5) is 33.6. The van der Waals surface area contributed by atoms with Gasteiger partial charge in [-0.1, -0.05) is 18.2 Å². The van der Waals surface area contributed by atoms with Crippen LogP contribution in [0.15, 0.2) is 46.0 Å². The molecule has 0 radical (unpaired) electrons. The smallest absolute Gasteiger partial charge is 0.307 e. The maximum Gasteiger partial charge on any atom is 0.307 e. The SMILES string of the molecule is O=C(COC(=O)CCNS(=O)(=O)c1cccs1)Nc1ccccc1[N+](=O)[O-]. The molecule has 0 aliphatic carbocycles. The lowest BCUT2D eigenvalue weighted by Gasteiger charge is -2.07. The molecule has 0 spiro atoms. The van der Waals surface area contributed by atoms with E-state index >= 15 is 0 Å². The average Bonchev–Trinajstić information content (AvgIpc) is 3.16. The molecule has 1 amide bonds. The van der Waals surface area contributed by atoms with Gasteiger partial charge in [0.15, 0.2) is 6.61 Å². The fourth-order valence-electron chi connectivity index (χ4n) is 1.92. The van der Waals surface area contributed by atoms with Gasteiger partial charge in [0, 0.05) is 12.6 Å². The van der Waals surface area contributed by atoms with Crippen molar-refractivity contribution in [3.63, 3.8) is 0 Å². The van der Waals surface area contributed by atoms with Crippen molar-refractivity contribution in [2.24, 2.45) is 0 Å². The fourth-order valence-corrected chi connectivity index (χ4v) is 3.99. The number of ether oxygens (including phenoxy) is 1. The van der Waals surface area contributed by atoms with E-state index in [1.165, 1.54) is 30.3 Å². The second-order valence-electron chi connectivity index (χ2n) is 5.06. The molecule has 0 atom stereocenters. The minimum atomic E-state index is -3.68. The number of anilines is 1. The minimum Gasteiger partial charge on any atom is -0.456 e. The molecule has 1 heterocycles. The summed E-state index contributed by atoms with van der Waals surface area (Å²) in [5, 5.41) is 14.8. The minimum absolute atomic E-state index is 0.0211. The molecule has 0 fully saturated rings. The Hall–Kier alpha value is -2.83. The van der Waals surface area contributed by atoms with Crippen LogP contribution in [0.4, 0.5) is 11.4 Å². The van der Waals surface area contributed by atoms with E-state index in [4.69, 9.17) is 4.74 Å². The van der Waals surface area contributed by atoms with E-state index in [9.17, 15) is 28.1 Å². The second-order valence-corrected chi connectivity index (χ2v) is 8.00. The number of amides is 1. The number of nitro groups is 1. The highest BCUT2D eigenvalue weighted by Gasteiger charge is 2.17. The maximum absolute atomic E-state index is 11.9. The monoisotopic (exact) mass is 413 g/mol. The molecule has 2 N–H and O–H groups in total. The first-order chi connectivity index (χ1) is 12.8. The number of nitrogens with one attached hydrogen (secondary N) is 2. The summed E-state index contributed by atoms with van der Waals surface area (Å²) in [5.74, 6) is -1.54. The Morgan fingerprint density at radius 3 is 2.59 bits per heavy atom. The van der Waals surface area contributed by atoms with Crippen LogP contribution in [-0.4, -0.2) is 38.4 Å². The Morgan fingerprint density at radius 1 is 1.19 bits per heavy atom. The van der Waals surface area contributed by atoms with Crippen LogP contribution in [0.25, 0.3) is 0 Å². The lowest BCUT2D eigenvalue weighted by Crippen LogP contribution is -2.27. The second kappa shape index (κ2) is 9.21. The quantitative estimate of drug-likeness (QED) is 0.360. The topological polar surface area (TPSA) is 145 Å². The summed E-state index contributed by atoms with van der Waals surface area (Å²) in [6, 6.07) is 8.54. The number of hydrogen-bond donors (Lipinski definition) is 2. The van der Waals surface area contributed by atoms with Gasteiger partial charge in [-0.2, -0.15) is 0 Å². The first kappa shape index (κ1) is 20.5. The zero-order chi connectivity index (χ0) is 19.9. The molecule has 1 aromatic carbocycles. The third-order valence-electron chi connectivity index (χ3n) is 3.12. The highest BCUT2D eigenvalue weighted by molar-refractivity contribution is 7.91. The van der Waals surface area contributed by atoms with E-state index in [-0.39, 0.29) is 28.5 Å². The number of rotatable bonds is 9. The molecule has 0 saturated carbocycles. The number of hydrogen-bond acceptors (Lipinski definition) is 8.